The van der Waals surface area contributed by atoms with E-state index in [1.54, 1.807) is 23.9 Å². The van der Waals surface area contributed by atoms with E-state index < -0.39 is 11.2 Å². The van der Waals surface area contributed by atoms with Crippen LogP contribution in [0.3, 0.4) is 0 Å². The van der Waals surface area contributed by atoms with Gasteiger partial charge in [-0.3, -0.25) is 0 Å². The summed E-state index contributed by atoms with van der Waals surface area (Å²) in [4.78, 5) is 30.9. The van der Waals surface area contributed by atoms with Crippen molar-refractivity contribution in [3.8, 4) is 0 Å². The number of ether oxygens (including phenoxy) is 2. The summed E-state index contributed by atoms with van der Waals surface area (Å²) in [5, 5.41) is 3.24. The maximum Gasteiger partial charge on any atom is 0.410 e. The van der Waals surface area contributed by atoms with Gasteiger partial charge in [-0.15, -0.1) is 0 Å². The first-order chi connectivity index (χ1) is 18.0. The molecule has 242 valence electrons. The summed E-state index contributed by atoms with van der Waals surface area (Å²) in [7, 11) is 7.74. The Bertz CT molecular complexity index is 643. The number of amides is 2. The highest BCUT2D eigenvalue weighted by molar-refractivity contribution is 5.68. The molecule has 0 saturated heterocycles. The molecule has 0 aromatic rings. The van der Waals surface area contributed by atoms with Gasteiger partial charge in [-0.05, 0) is 96.3 Å². The first-order valence-electron chi connectivity index (χ1n) is 15.1. The molecule has 0 atom stereocenters. The average molecular weight is 576 g/mol. The molecule has 0 aromatic carbocycles. The molecule has 1 N–H and O–H groups in total. The van der Waals surface area contributed by atoms with Crippen molar-refractivity contribution in [2.24, 2.45) is 0 Å². The summed E-state index contributed by atoms with van der Waals surface area (Å²) in [6.45, 7) is 30.6. The van der Waals surface area contributed by atoms with Crippen molar-refractivity contribution >= 4 is 12.2 Å². The van der Waals surface area contributed by atoms with Crippen LogP contribution in [0.1, 0.15) is 103 Å². The molecule has 40 heavy (non-hydrogen) atoms. The molecule has 0 unspecified atom stereocenters. The van der Waals surface area contributed by atoms with Gasteiger partial charge >= 0.3 is 12.2 Å². The molecule has 0 aliphatic rings. The summed E-state index contributed by atoms with van der Waals surface area (Å²) >= 11 is 0. The van der Waals surface area contributed by atoms with Gasteiger partial charge in [-0.25, -0.2) is 9.59 Å². The van der Waals surface area contributed by atoms with E-state index in [0.717, 1.165) is 13.1 Å². The number of carbonyl (C=O) groups is 2. The van der Waals surface area contributed by atoms with Crippen molar-refractivity contribution in [1.29, 1.82) is 0 Å². The van der Waals surface area contributed by atoms with E-state index in [1.165, 1.54) is 19.4 Å². The van der Waals surface area contributed by atoms with E-state index in [0.29, 0.717) is 31.2 Å². The minimum atomic E-state index is -0.421. The molecule has 0 aliphatic carbocycles. The monoisotopic (exact) mass is 576 g/mol. The van der Waals surface area contributed by atoms with Crippen LogP contribution in [0.2, 0.25) is 0 Å². The molecule has 9 nitrogen and oxygen atoms in total. The maximum absolute atomic E-state index is 11.6. The molecule has 0 radical (unpaired) electrons. The standard InChI is InChI=1S/C12H26N2O2.C11H24N2O2.C8H19N/c1-10(2)13(6)8-9-14(7)11(15)16-12(3,4)5;1-9(2)12-7-8-13(6)10(14)15-11(3,4)5;1-5-6-7-9(4)8(2)3/h10H,8-9H2,1-7H3;9,12H,7-8H2,1-6H3;8H,5-7H2,1-4H3. The molecule has 9 heteroatoms. The Kier molecular flexibility index (Phi) is 23.7. The second kappa shape index (κ2) is 22.1. The molecule has 2 amide bonds. The summed E-state index contributed by atoms with van der Waals surface area (Å²) in [6.07, 6.45) is 2.10. The van der Waals surface area contributed by atoms with Crippen LogP contribution in [0.4, 0.5) is 9.59 Å². The molecule has 0 fully saturated rings. The van der Waals surface area contributed by atoms with Gasteiger partial charge in [0.1, 0.15) is 11.2 Å². The Morgan fingerprint density at radius 3 is 1.35 bits per heavy atom. The molecular weight excluding hydrogens is 506 g/mol. The number of hydrogen-bond acceptors (Lipinski definition) is 7. The lowest BCUT2D eigenvalue weighted by Crippen LogP contribution is -2.39. The lowest BCUT2D eigenvalue weighted by molar-refractivity contribution is 0.0278. The van der Waals surface area contributed by atoms with E-state index in [1.807, 2.05) is 48.6 Å². The molecule has 0 bridgehead atoms. The van der Waals surface area contributed by atoms with Crippen LogP contribution < -0.4 is 5.32 Å². The molecular formula is C31H69N5O4. The number of unbranched alkanes of at least 4 members (excludes halogenated alkanes) is 1. The fourth-order valence-corrected chi connectivity index (χ4v) is 2.61. The van der Waals surface area contributed by atoms with Crippen LogP contribution in [-0.4, -0.2) is 122 Å². The molecule has 0 heterocycles. The molecule has 0 aromatic heterocycles. The van der Waals surface area contributed by atoms with Crippen LogP contribution >= 0.6 is 0 Å². The third kappa shape index (κ3) is 29.4. The highest BCUT2D eigenvalue weighted by Gasteiger charge is 2.20. The van der Waals surface area contributed by atoms with Crippen LogP contribution in [-0.2, 0) is 9.47 Å². The number of likely N-dealkylation sites (N-methyl/N-ethyl adjacent to an activating group) is 3. The average Bonchev–Trinajstić information content (AvgIpc) is 2.78. The second-order valence-corrected chi connectivity index (χ2v) is 13.4. The SMILES string of the molecule is CC(C)N(C)CCN(C)C(=O)OC(C)(C)C.CC(C)NCCN(C)C(=O)OC(C)(C)C.CCCCN(C)C(C)C. The summed E-state index contributed by atoms with van der Waals surface area (Å²) in [6, 6.07) is 1.64. The van der Waals surface area contributed by atoms with Crippen LogP contribution in [0.5, 0.6) is 0 Å². The van der Waals surface area contributed by atoms with Crippen molar-refractivity contribution in [2.45, 2.75) is 132 Å². The summed E-state index contributed by atoms with van der Waals surface area (Å²) in [5.74, 6) is 0. The quantitative estimate of drug-likeness (QED) is 0.298. The van der Waals surface area contributed by atoms with Crippen molar-refractivity contribution in [2.75, 3.05) is 60.9 Å². The Morgan fingerprint density at radius 2 is 1.02 bits per heavy atom. The number of nitrogens with zero attached hydrogens (tertiary/aromatic N) is 4. The van der Waals surface area contributed by atoms with E-state index in [4.69, 9.17) is 9.47 Å². The van der Waals surface area contributed by atoms with Crippen molar-refractivity contribution in [3.05, 3.63) is 0 Å². The Balaban J connectivity index is -0.000000534. The van der Waals surface area contributed by atoms with Crippen molar-refractivity contribution in [1.82, 2.24) is 24.9 Å². The molecule has 0 saturated carbocycles. The lowest BCUT2D eigenvalue weighted by Gasteiger charge is -2.27. The maximum atomic E-state index is 11.6. The van der Waals surface area contributed by atoms with Gasteiger partial charge < -0.3 is 34.4 Å². The van der Waals surface area contributed by atoms with Crippen LogP contribution in [0.15, 0.2) is 0 Å². The predicted octanol–water partition coefficient (Wildman–Crippen LogP) is 6.17. The number of rotatable bonds is 12. The first-order valence-corrected chi connectivity index (χ1v) is 15.1. The minimum absolute atomic E-state index is 0.260. The normalized spacial score (nSPS) is 11.8. The number of carbonyl (C=O) groups excluding carboxylic acids is 2. The van der Waals surface area contributed by atoms with E-state index in [-0.39, 0.29) is 12.2 Å². The zero-order valence-corrected chi connectivity index (χ0v) is 29.6. The highest BCUT2D eigenvalue weighted by atomic mass is 16.6. The minimum Gasteiger partial charge on any atom is -0.444 e. The Hall–Kier alpha value is -1.58. The summed E-state index contributed by atoms with van der Waals surface area (Å²) in [5.41, 5.74) is -0.841. The third-order valence-corrected chi connectivity index (χ3v) is 5.83. The lowest BCUT2D eigenvalue weighted by atomic mass is 10.2. The van der Waals surface area contributed by atoms with Gasteiger partial charge in [0, 0.05) is 58.4 Å². The van der Waals surface area contributed by atoms with Crippen molar-refractivity contribution < 1.29 is 19.1 Å². The van der Waals surface area contributed by atoms with Gasteiger partial charge in [-0.1, -0.05) is 27.2 Å². The van der Waals surface area contributed by atoms with Gasteiger partial charge in [-0.2, -0.15) is 0 Å². The van der Waals surface area contributed by atoms with Crippen LogP contribution in [0.25, 0.3) is 0 Å². The van der Waals surface area contributed by atoms with Gasteiger partial charge in [0.25, 0.3) is 0 Å². The fraction of sp³-hybridized carbons (Fsp3) is 0.935. The van der Waals surface area contributed by atoms with Gasteiger partial charge in [0.05, 0.1) is 0 Å². The van der Waals surface area contributed by atoms with Gasteiger partial charge in [0.2, 0.25) is 0 Å². The van der Waals surface area contributed by atoms with E-state index in [9.17, 15) is 9.59 Å². The Labute approximate surface area is 249 Å². The first kappa shape index (κ1) is 42.9. The number of hydrogen-bond donors (Lipinski definition) is 1. The molecule has 0 spiro atoms. The zero-order valence-electron chi connectivity index (χ0n) is 29.6. The van der Waals surface area contributed by atoms with E-state index >= 15 is 0 Å². The largest absolute Gasteiger partial charge is 0.444 e. The topological polar surface area (TPSA) is 77.6 Å². The van der Waals surface area contributed by atoms with Crippen molar-refractivity contribution in [3.63, 3.8) is 0 Å². The third-order valence-electron chi connectivity index (χ3n) is 5.83. The fourth-order valence-electron chi connectivity index (χ4n) is 2.61. The summed E-state index contributed by atoms with van der Waals surface area (Å²) < 4.78 is 10.5. The second-order valence-electron chi connectivity index (χ2n) is 13.4. The Morgan fingerprint density at radius 1 is 0.650 bits per heavy atom. The van der Waals surface area contributed by atoms with Gasteiger partial charge in [0.15, 0.2) is 0 Å². The zero-order chi connectivity index (χ0) is 32.3. The molecule has 0 aliphatic heterocycles. The number of nitrogens with one attached hydrogen (secondary N) is 1. The van der Waals surface area contributed by atoms with E-state index in [2.05, 4.69) is 70.6 Å². The highest BCUT2D eigenvalue weighted by Crippen LogP contribution is 2.09. The molecule has 0 rings (SSSR count). The smallest absolute Gasteiger partial charge is 0.410 e. The predicted molar refractivity (Wildman–Crippen MR) is 171 cm³/mol. The van der Waals surface area contributed by atoms with Crippen LogP contribution in [0, 0.1) is 0 Å².